The maximum Gasteiger partial charge on any atom is 0.319 e. The van der Waals surface area contributed by atoms with Gasteiger partial charge < -0.3 is 25.0 Å². The van der Waals surface area contributed by atoms with E-state index in [0.29, 0.717) is 34.4 Å². The van der Waals surface area contributed by atoms with E-state index in [1.165, 1.54) is 0 Å². The largest absolute Gasteiger partial charge is 0.493 e. The van der Waals surface area contributed by atoms with Crippen LogP contribution in [0.4, 0.5) is 16.2 Å². The SMILES string of the molecule is COc1ccc(N2C[C@H](NC(=O)Nc3cc(Cl)ccc3C)CC2=O)cc1OC. The van der Waals surface area contributed by atoms with E-state index < -0.39 is 0 Å². The molecule has 3 amide bonds. The van der Waals surface area contributed by atoms with Crippen molar-refractivity contribution in [2.24, 2.45) is 0 Å². The second-order valence-electron chi connectivity index (χ2n) is 6.50. The predicted molar refractivity (Wildman–Crippen MR) is 109 cm³/mol. The van der Waals surface area contributed by atoms with Gasteiger partial charge in [0.05, 0.1) is 20.3 Å². The summed E-state index contributed by atoms with van der Waals surface area (Å²) in [6.07, 6.45) is 0.219. The van der Waals surface area contributed by atoms with E-state index in [0.717, 1.165) is 5.56 Å². The Hall–Kier alpha value is -2.93. The number of halogens is 1. The van der Waals surface area contributed by atoms with E-state index in [1.807, 2.05) is 13.0 Å². The standard InChI is InChI=1S/C20H22ClN3O4/c1-12-4-5-13(21)8-16(12)23-20(26)22-14-9-19(25)24(11-14)15-6-7-17(27-2)18(10-15)28-3/h4-8,10,14H,9,11H2,1-3H3,(H2,22,23,26)/t14-/m1/s1. The van der Waals surface area contributed by atoms with E-state index in [-0.39, 0.29) is 24.4 Å². The van der Waals surface area contributed by atoms with Crippen molar-refractivity contribution in [3.8, 4) is 11.5 Å². The lowest BCUT2D eigenvalue weighted by atomic mass is 10.2. The molecule has 8 heteroatoms. The smallest absolute Gasteiger partial charge is 0.319 e. The number of methoxy groups -OCH3 is 2. The summed E-state index contributed by atoms with van der Waals surface area (Å²) in [6.45, 7) is 2.25. The Morgan fingerprint density at radius 3 is 2.61 bits per heavy atom. The molecule has 0 saturated carbocycles. The molecule has 0 aliphatic carbocycles. The second kappa shape index (κ2) is 8.39. The number of hydrogen-bond acceptors (Lipinski definition) is 4. The number of aryl methyl sites for hydroxylation is 1. The van der Waals surface area contributed by atoms with Crippen LogP contribution in [0.25, 0.3) is 0 Å². The second-order valence-corrected chi connectivity index (χ2v) is 6.94. The number of carbonyl (C=O) groups is 2. The van der Waals surface area contributed by atoms with Crippen LogP contribution in [-0.2, 0) is 4.79 Å². The molecule has 0 bridgehead atoms. The molecule has 1 heterocycles. The number of rotatable bonds is 5. The minimum atomic E-state index is -0.377. The zero-order valence-corrected chi connectivity index (χ0v) is 16.7. The van der Waals surface area contributed by atoms with Gasteiger partial charge >= 0.3 is 6.03 Å². The number of amides is 3. The van der Waals surface area contributed by atoms with Gasteiger partial charge in [-0.1, -0.05) is 17.7 Å². The minimum absolute atomic E-state index is 0.0727. The van der Waals surface area contributed by atoms with Gasteiger partial charge in [-0.05, 0) is 36.8 Å². The first-order valence-corrected chi connectivity index (χ1v) is 9.15. The molecule has 148 valence electrons. The third kappa shape index (κ3) is 4.31. The van der Waals surface area contributed by atoms with Crippen molar-refractivity contribution in [2.75, 3.05) is 31.0 Å². The van der Waals surface area contributed by atoms with Crippen LogP contribution < -0.4 is 25.0 Å². The highest BCUT2D eigenvalue weighted by Gasteiger charge is 2.32. The molecule has 1 atom stereocenters. The van der Waals surface area contributed by atoms with Crippen LogP contribution in [0, 0.1) is 6.92 Å². The van der Waals surface area contributed by atoms with Crippen molar-refractivity contribution in [1.29, 1.82) is 0 Å². The number of benzene rings is 2. The van der Waals surface area contributed by atoms with Gasteiger partial charge in [-0.15, -0.1) is 0 Å². The number of carbonyl (C=O) groups excluding carboxylic acids is 2. The van der Waals surface area contributed by atoms with Crippen LogP contribution in [0.15, 0.2) is 36.4 Å². The van der Waals surface area contributed by atoms with E-state index in [1.54, 1.807) is 49.5 Å². The lowest BCUT2D eigenvalue weighted by Crippen LogP contribution is -2.39. The number of ether oxygens (including phenoxy) is 2. The molecule has 3 rings (SSSR count). The Morgan fingerprint density at radius 2 is 1.89 bits per heavy atom. The highest BCUT2D eigenvalue weighted by atomic mass is 35.5. The fraction of sp³-hybridized carbons (Fsp3) is 0.300. The molecule has 1 aliphatic heterocycles. The van der Waals surface area contributed by atoms with Crippen LogP contribution in [0.1, 0.15) is 12.0 Å². The summed E-state index contributed by atoms with van der Waals surface area (Å²) in [4.78, 5) is 26.4. The number of nitrogens with zero attached hydrogens (tertiary/aromatic N) is 1. The minimum Gasteiger partial charge on any atom is -0.493 e. The normalized spacial score (nSPS) is 16.1. The summed E-state index contributed by atoms with van der Waals surface area (Å²) in [6, 6.07) is 9.87. The van der Waals surface area contributed by atoms with Gasteiger partial charge in [0.15, 0.2) is 11.5 Å². The Kier molecular flexibility index (Phi) is 5.94. The van der Waals surface area contributed by atoms with Gasteiger partial charge in [0.2, 0.25) is 5.91 Å². The average molecular weight is 404 g/mol. The molecule has 2 aromatic carbocycles. The van der Waals surface area contributed by atoms with Crippen LogP contribution in [-0.4, -0.2) is 38.7 Å². The molecule has 1 aliphatic rings. The van der Waals surface area contributed by atoms with Gasteiger partial charge in [-0.3, -0.25) is 4.79 Å². The van der Waals surface area contributed by atoms with Crippen LogP contribution in [0.5, 0.6) is 11.5 Å². The predicted octanol–water partition coefficient (Wildman–Crippen LogP) is 3.59. The Labute approximate surface area is 168 Å². The third-order valence-corrected chi connectivity index (χ3v) is 4.82. The summed E-state index contributed by atoms with van der Waals surface area (Å²) < 4.78 is 10.5. The van der Waals surface area contributed by atoms with E-state index >= 15 is 0 Å². The van der Waals surface area contributed by atoms with Gasteiger partial charge in [-0.25, -0.2) is 4.79 Å². The molecule has 0 aromatic heterocycles. The number of urea groups is 1. The lowest BCUT2D eigenvalue weighted by Gasteiger charge is -2.19. The van der Waals surface area contributed by atoms with Crippen LogP contribution in [0.3, 0.4) is 0 Å². The molecule has 0 spiro atoms. The van der Waals surface area contributed by atoms with Crippen molar-refractivity contribution >= 4 is 34.9 Å². The highest BCUT2D eigenvalue weighted by Crippen LogP contribution is 2.33. The fourth-order valence-corrected chi connectivity index (χ4v) is 3.29. The average Bonchev–Trinajstić information content (AvgIpc) is 3.04. The zero-order valence-electron chi connectivity index (χ0n) is 15.9. The van der Waals surface area contributed by atoms with Crippen molar-refractivity contribution in [3.05, 3.63) is 47.0 Å². The third-order valence-electron chi connectivity index (χ3n) is 4.59. The molecule has 2 N–H and O–H groups in total. The summed E-state index contributed by atoms with van der Waals surface area (Å²) in [7, 11) is 3.10. The topological polar surface area (TPSA) is 79.9 Å². The zero-order chi connectivity index (χ0) is 20.3. The molecular weight excluding hydrogens is 382 g/mol. The van der Waals surface area contributed by atoms with Gasteiger partial charge in [0.1, 0.15) is 0 Å². The first-order valence-electron chi connectivity index (χ1n) is 8.77. The van der Waals surface area contributed by atoms with Gasteiger partial charge in [-0.2, -0.15) is 0 Å². The highest BCUT2D eigenvalue weighted by molar-refractivity contribution is 6.31. The van der Waals surface area contributed by atoms with Crippen LogP contribution >= 0.6 is 11.6 Å². The van der Waals surface area contributed by atoms with Crippen molar-refractivity contribution in [1.82, 2.24) is 5.32 Å². The first-order chi connectivity index (χ1) is 13.4. The summed E-state index contributed by atoms with van der Waals surface area (Å²) in [5.41, 5.74) is 2.22. The molecule has 2 aromatic rings. The quantitative estimate of drug-likeness (QED) is 0.799. The fourth-order valence-electron chi connectivity index (χ4n) is 3.12. The summed E-state index contributed by atoms with van der Waals surface area (Å²) in [5.74, 6) is 1.05. The van der Waals surface area contributed by atoms with Crippen molar-refractivity contribution in [2.45, 2.75) is 19.4 Å². The van der Waals surface area contributed by atoms with Crippen LogP contribution in [0.2, 0.25) is 5.02 Å². The molecule has 7 nitrogen and oxygen atoms in total. The van der Waals surface area contributed by atoms with Gasteiger partial charge in [0, 0.05) is 35.4 Å². The summed E-state index contributed by atoms with van der Waals surface area (Å²) >= 11 is 5.98. The van der Waals surface area contributed by atoms with E-state index in [2.05, 4.69) is 10.6 Å². The molecular formula is C20H22ClN3O4. The monoisotopic (exact) mass is 403 g/mol. The Balaban J connectivity index is 1.66. The Bertz CT molecular complexity index is 903. The lowest BCUT2D eigenvalue weighted by molar-refractivity contribution is -0.117. The number of anilines is 2. The molecule has 0 radical (unpaired) electrons. The van der Waals surface area contributed by atoms with E-state index in [9.17, 15) is 9.59 Å². The number of nitrogens with one attached hydrogen (secondary N) is 2. The maximum absolute atomic E-state index is 12.4. The molecule has 28 heavy (non-hydrogen) atoms. The first kappa shape index (κ1) is 19.8. The Morgan fingerprint density at radius 1 is 1.14 bits per heavy atom. The van der Waals surface area contributed by atoms with Crippen molar-refractivity contribution in [3.63, 3.8) is 0 Å². The van der Waals surface area contributed by atoms with Crippen molar-refractivity contribution < 1.29 is 19.1 Å². The van der Waals surface area contributed by atoms with E-state index in [4.69, 9.17) is 21.1 Å². The molecule has 0 unspecified atom stereocenters. The molecule has 1 fully saturated rings. The number of hydrogen-bond donors (Lipinski definition) is 2. The van der Waals surface area contributed by atoms with Gasteiger partial charge in [0.25, 0.3) is 0 Å². The summed E-state index contributed by atoms with van der Waals surface area (Å²) in [5, 5.41) is 6.16. The maximum atomic E-state index is 12.4. The molecule has 1 saturated heterocycles.